The Morgan fingerprint density at radius 1 is 1.37 bits per heavy atom. The van der Waals surface area contributed by atoms with Gasteiger partial charge in [0.15, 0.2) is 0 Å². The Labute approximate surface area is 114 Å². The zero-order chi connectivity index (χ0) is 14.7. The van der Waals surface area contributed by atoms with Crippen molar-refractivity contribution in [1.29, 1.82) is 0 Å². The van der Waals surface area contributed by atoms with Gasteiger partial charge in [0.2, 0.25) is 5.54 Å². The summed E-state index contributed by atoms with van der Waals surface area (Å²) >= 11 is 0. The number of likely N-dealkylation sites (N-methyl/N-ethyl adjacent to an activating group) is 1. The van der Waals surface area contributed by atoms with Crippen molar-refractivity contribution in [2.45, 2.75) is 45.3 Å². The number of hydroxylamine groups is 3. The molecule has 1 aliphatic rings. The van der Waals surface area contributed by atoms with E-state index in [4.69, 9.17) is 14.3 Å². The molecule has 1 fully saturated rings. The van der Waals surface area contributed by atoms with E-state index in [1.54, 1.807) is 6.92 Å². The highest BCUT2D eigenvalue weighted by molar-refractivity contribution is 5.79. The summed E-state index contributed by atoms with van der Waals surface area (Å²) in [6.07, 6.45) is 1.01. The van der Waals surface area contributed by atoms with E-state index in [0.717, 1.165) is 0 Å². The van der Waals surface area contributed by atoms with Crippen molar-refractivity contribution >= 4 is 11.9 Å². The van der Waals surface area contributed by atoms with Crippen molar-refractivity contribution in [2.24, 2.45) is 0 Å². The summed E-state index contributed by atoms with van der Waals surface area (Å²) < 4.78 is 10.2. The van der Waals surface area contributed by atoms with E-state index in [-0.39, 0.29) is 22.7 Å². The van der Waals surface area contributed by atoms with E-state index >= 15 is 0 Å². The molecule has 1 saturated heterocycles. The molecule has 0 saturated carbocycles. The van der Waals surface area contributed by atoms with Crippen LogP contribution >= 0.6 is 0 Å². The fraction of sp³-hybridized carbons (Fsp3) is 0.846. The van der Waals surface area contributed by atoms with Crippen LogP contribution in [0.3, 0.4) is 0 Å². The Bertz CT molecular complexity index is 355. The van der Waals surface area contributed by atoms with Gasteiger partial charge in [-0.1, -0.05) is 0 Å². The van der Waals surface area contributed by atoms with Crippen molar-refractivity contribution in [1.82, 2.24) is 0 Å². The van der Waals surface area contributed by atoms with Crippen LogP contribution in [0.25, 0.3) is 0 Å². The number of nitrogens with zero attached hydrogens (tertiary/aromatic N) is 1. The van der Waals surface area contributed by atoms with Gasteiger partial charge in [-0.2, -0.15) is 9.48 Å². The molecular formula is C13H24NO5+. The largest absolute Gasteiger partial charge is 0.466 e. The summed E-state index contributed by atoms with van der Waals surface area (Å²) in [7, 11) is 3.67. The van der Waals surface area contributed by atoms with Crippen molar-refractivity contribution in [3.8, 4) is 0 Å². The molecule has 0 N–H and O–H groups in total. The SMILES string of the molecule is CCOC(=O)C1(C)CC(CCOC(C)=O)O[N+]1(C)C. The van der Waals surface area contributed by atoms with Crippen LogP contribution < -0.4 is 0 Å². The lowest BCUT2D eigenvalue weighted by molar-refractivity contribution is -1.09. The average Bonchev–Trinajstić information content (AvgIpc) is 2.50. The van der Waals surface area contributed by atoms with Crippen LogP contribution in [0.2, 0.25) is 0 Å². The molecule has 1 aliphatic heterocycles. The minimum absolute atomic E-state index is 0.122. The van der Waals surface area contributed by atoms with Gasteiger partial charge in [-0.05, 0) is 6.92 Å². The second kappa shape index (κ2) is 5.88. The maximum Gasteiger partial charge on any atom is 0.371 e. The van der Waals surface area contributed by atoms with Crippen molar-refractivity contribution in [3.63, 3.8) is 0 Å². The molecule has 1 heterocycles. The summed E-state index contributed by atoms with van der Waals surface area (Å²) in [4.78, 5) is 28.7. The first kappa shape index (κ1) is 15.9. The molecule has 1 rings (SSSR count). The smallest absolute Gasteiger partial charge is 0.371 e. The monoisotopic (exact) mass is 274 g/mol. The van der Waals surface area contributed by atoms with Gasteiger partial charge < -0.3 is 9.47 Å². The molecule has 0 radical (unpaired) electrons. The fourth-order valence-corrected chi connectivity index (χ4v) is 2.27. The Morgan fingerprint density at radius 3 is 2.53 bits per heavy atom. The lowest BCUT2D eigenvalue weighted by Crippen LogP contribution is -2.57. The van der Waals surface area contributed by atoms with Crippen molar-refractivity contribution in [2.75, 3.05) is 27.3 Å². The van der Waals surface area contributed by atoms with Gasteiger partial charge in [-0.15, -0.1) is 0 Å². The molecule has 0 aliphatic carbocycles. The predicted octanol–water partition coefficient (Wildman–Crippen LogP) is 1.04. The van der Waals surface area contributed by atoms with Crippen LogP contribution in [0.15, 0.2) is 0 Å². The molecule has 0 bridgehead atoms. The number of rotatable bonds is 5. The highest BCUT2D eigenvalue weighted by Crippen LogP contribution is 2.38. The second-order valence-electron chi connectivity index (χ2n) is 5.41. The fourth-order valence-electron chi connectivity index (χ4n) is 2.27. The van der Waals surface area contributed by atoms with E-state index < -0.39 is 5.54 Å². The molecule has 2 atom stereocenters. The molecule has 0 spiro atoms. The Morgan fingerprint density at radius 2 is 2.00 bits per heavy atom. The minimum atomic E-state index is -0.725. The lowest BCUT2D eigenvalue weighted by Gasteiger charge is -2.34. The van der Waals surface area contributed by atoms with E-state index in [1.807, 2.05) is 21.0 Å². The molecule has 6 nitrogen and oxygen atoms in total. The van der Waals surface area contributed by atoms with Gasteiger partial charge in [0, 0.05) is 26.7 Å². The molecule has 0 aromatic carbocycles. The number of esters is 2. The third-order valence-electron chi connectivity index (χ3n) is 3.69. The van der Waals surface area contributed by atoms with E-state index in [9.17, 15) is 9.59 Å². The molecule has 6 heteroatoms. The maximum absolute atomic E-state index is 12.1. The number of quaternary nitrogens is 1. The number of carbonyl (C=O) groups excluding carboxylic acids is 2. The first-order valence-electron chi connectivity index (χ1n) is 6.56. The predicted molar refractivity (Wildman–Crippen MR) is 67.9 cm³/mol. The van der Waals surface area contributed by atoms with E-state index in [2.05, 4.69) is 0 Å². The quantitative estimate of drug-likeness (QED) is 0.554. The number of carbonyl (C=O) groups is 2. The molecule has 0 amide bonds. The van der Waals surface area contributed by atoms with Crippen LogP contribution in [0.1, 0.15) is 33.6 Å². The first-order chi connectivity index (χ1) is 8.73. The summed E-state index contributed by atoms with van der Waals surface area (Å²) in [5, 5.41) is 0. The van der Waals surface area contributed by atoms with Gasteiger partial charge in [-0.25, -0.2) is 4.79 Å². The summed E-state index contributed by atoms with van der Waals surface area (Å²) in [6, 6.07) is 0. The summed E-state index contributed by atoms with van der Waals surface area (Å²) in [5.41, 5.74) is -0.725. The first-order valence-corrected chi connectivity index (χ1v) is 6.56. The lowest BCUT2D eigenvalue weighted by atomic mass is 9.93. The average molecular weight is 274 g/mol. The summed E-state index contributed by atoms with van der Waals surface area (Å²) in [6.45, 7) is 5.66. The van der Waals surface area contributed by atoms with Crippen LogP contribution in [0, 0.1) is 0 Å². The summed E-state index contributed by atoms with van der Waals surface area (Å²) in [5.74, 6) is -0.560. The molecule has 19 heavy (non-hydrogen) atoms. The van der Waals surface area contributed by atoms with Crippen LogP contribution in [0.5, 0.6) is 0 Å². The third kappa shape index (κ3) is 3.45. The zero-order valence-electron chi connectivity index (χ0n) is 12.4. The van der Waals surface area contributed by atoms with E-state index in [0.29, 0.717) is 26.1 Å². The third-order valence-corrected chi connectivity index (χ3v) is 3.69. The van der Waals surface area contributed by atoms with Gasteiger partial charge in [0.25, 0.3) is 0 Å². The highest BCUT2D eigenvalue weighted by Gasteiger charge is 2.59. The highest BCUT2D eigenvalue weighted by atomic mass is 16.7. The standard InChI is InChI=1S/C13H24NO5/c1-6-17-12(16)13(3)9-11(19-14(13,4)5)7-8-18-10(2)15/h11H,6-9H2,1-5H3/q+1. The Hall–Kier alpha value is -1.14. The molecule has 0 aromatic rings. The normalized spacial score (nSPS) is 29.0. The van der Waals surface area contributed by atoms with Gasteiger partial charge in [-0.3, -0.25) is 4.79 Å². The number of hydrogen-bond acceptors (Lipinski definition) is 5. The molecule has 110 valence electrons. The van der Waals surface area contributed by atoms with Gasteiger partial charge in [0.05, 0.1) is 27.3 Å². The molecular weight excluding hydrogens is 250 g/mol. The maximum atomic E-state index is 12.1. The van der Waals surface area contributed by atoms with E-state index in [1.165, 1.54) is 6.92 Å². The Balaban J connectivity index is 2.65. The molecule has 2 unspecified atom stereocenters. The second-order valence-corrected chi connectivity index (χ2v) is 5.41. The van der Waals surface area contributed by atoms with Crippen molar-refractivity contribution in [3.05, 3.63) is 0 Å². The van der Waals surface area contributed by atoms with Gasteiger partial charge in [0.1, 0.15) is 6.10 Å². The Kier molecular flexibility index (Phi) is 4.92. The van der Waals surface area contributed by atoms with Crippen LogP contribution in [-0.4, -0.2) is 55.5 Å². The number of ether oxygens (including phenoxy) is 2. The van der Waals surface area contributed by atoms with Crippen molar-refractivity contribution < 1.29 is 28.5 Å². The van der Waals surface area contributed by atoms with Crippen LogP contribution in [0.4, 0.5) is 0 Å². The number of hydrogen-bond donors (Lipinski definition) is 0. The molecule has 0 aromatic heterocycles. The van der Waals surface area contributed by atoms with Crippen LogP contribution in [-0.2, 0) is 23.9 Å². The topological polar surface area (TPSA) is 61.8 Å². The zero-order valence-corrected chi connectivity index (χ0v) is 12.4. The minimum Gasteiger partial charge on any atom is -0.466 e. The van der Waals surface area contributed by atoms with Gasteiger partial charge >= 0.3 is 11.9 Å².